The Morgan fingerprint density at radius 3 is 2.48 bits per heavy atom. The largest absolute Gasteiger partial charge is 0.454 e. The molecule has 158 valence electrons. The van der Waals surface area contributed by atoms with Crippen LogP contribution in [0.25, 0.3) is 0 Å². The van der Waals surface area contributed by atoms with E-state index in [1.165, 1.54) is 11.2 Å². The molecule has 1 aliphatic rings. The van der Waals surface area contributed by atoms with E-state index in [0.29, 0.717) is 34.9 Å². The predicted molar refractivity (Wildman–Crippen MR) is 121 cm³/mol. The second-order valence-electron chi connectivity index (χ2n) is 8.40. The second-order valence-corrected chi connectivity index (χ2v) is 13.1. The summed E-state index contributed by atoms with van der Waals surface area (Å²) in [5.74, 6) is 4.08. The molecule has 3 aromatic rings. The number of anilines is 1. The number of aromatic nitrogens is 1. The Labute approximate surface area is 182 Å². The van der Waals surface area contributed by atoms with Crippen molar-refractivity contribution in [2.75, 3.05) is 11.7 Å². The zero-order valence-corrected chi connectivity index (χ0v) is 19.1. The molecular formula is C24H24N2O4Si. The lowest BCUT2D eigenvalue weighted by atomic mass is 10.0. The second kappa shape index (κ2) is 8.32. The molecule has 0 saturated heterocycles. The molecule has 0 N–H and O–H groups in total. The smallest absolute Gasteiger partial charge is 0.304 e. The molecule has 1 amide bonds. The van der Waals surface area contributed by atoms with Crippen molar-refractivity contribution in [1.29, 1.82) is 0 Å². The Bertz CT molecular complexity index is 1170. The molecule has 1 aliphatic heterocycles. The van der Waals surface area contributed by atoms with Gasteiger partial charge in [-0.25, -0.2) is 0 Å². The van der Waals surface area contributed by atoms with Crippen LogP contribution in [0.2, 0.25) is 19.6 Å². The third-order valence-corrected chi connectivity index (χ3v) is 5.46. The van der Waals surface area contributed by atoms with Crippen molar-refractivity contribution < 1.29 is 18.7 Å². The molecule has 0 saturated carbocycles. The summed E-state index contributed by atoms with van der Waals surface area (Å²) < 4.78 is 16.6. The van der Waals surface area contributed by atoms with E-state index in [2.05, 4.69) is 36.1 Å². The highest BCUT2D eigenvalue weighted by Crippen LogP contribution is 2.35. The van der Waals surface area contributed by atoms with Gasteiger partial charge in [0.15, 0.2) is 11.5 Å². The van der Waals surface area contributed by atoms with E-state index in [1.54, 1.807) is 12.1 Å². The zero-order chi connectivity index (χ0) is 22.0. The van der Waals surface area contributed by atoms with E-state index in [0.717, 1.165) is 5.56 Å². The molecular weight excluding hydrogens is 408 g/mol. The number of oxazole rings is 1. The van der Waals surface area contributed by atoms with Crippen LogP contribution < -0.4 is 14.4 Å². The van der Waals surface area contributed by atoms with Gasteiger partial charge in [-0.3, -0.25) is 9.69 Å². The summed E-state index contributed by atoms with van der Waals surface area (Å²) in [7, 11) is -1.66. The first kappa shape index (κ1) is 20.8. The highest BCUT2D eigenvalue weighted by molar-refractivity contribution is 6.83. The lowest BCUT2D eigenvalue weighted by Crippen LogP contribution is -2.31. The molecule has 7 heteroatoms. The maximum Gasteiger partial charge on any atom is 0.304 e. The van der Waals surface area contributed by atoms with Crippen molar-refractivity contribution in [1.82, 2.24) is 4.98 Å². The van der Waals surface area contributed by atoms with Gasteiger partial charge in [-0.2, -0.15) is 4.98 Å². The van der Waals surface area contributed by atoms with Gasteiger partial charge in [-0.05, 0) is 18.6 Å². The molecule has 4 rings (SSSR count). The molecule has 2 heterocycles. The van der Waals surface area contributed by atoms with Gasteiger partial charge < -0.3 is 13.9 Å². The Hall–Kier alpha value is -3.50. The van der Waals surface area contributed by atoms with Crippen LogP contribution in [-0.4, -0.2) is 25.8 Å². The van der Waals surface area contributed by atoms with Gasteiger partial charge in [0, 0.05) is 11.6 Å². The van der Waals surface area contributed by atoms with E-state index in [-0.39, 0.29) is 18.7 Å². The maximum absolute atomic E-state index is 13.8. The molecule has 6 nitrogen and oxygen atoms in total. The number of benzene rings is 2. The summed E-state index contributed by atoms with van der Waals surface area (Å²) in [4.78, 5) is 19.7. The SMILES string of the molecule is Cc1coc(N(Cc2ccccc2)C(=O)c2cc3c(cc2C#C[Si](C)(C)C)OCO3)n1. The Kier molecular flexibility index (Phi) is 5.57. The van der Waals surface area contributed by atoms with Crippen molar-refractivity contribution in [3.63, 3.8) is 0 Å². The first-order valence-electron chi connectivity index (χ1n) is 10.0. The Morgan fingerprint density at radius 2 is 1.84 bits per heavy atom. The molecule has 0 spiro atoms. The molecule has 0 atom stereocenters. The van der Waals surface area contributed by atoms with E-state index in [9.17, 15) is 4.79 Å². The van der Waals surface area contributed by atoms with Gasteiger partial charge in [-0.1, -0.05) is 55.9 Å². The molecule has 0 radical (unpaired) electrons. The van der Waals surface area contributed by atoms with Crippen LogP contribution in [0.3, 0.4) is 0 Å². The van der Waals surface area contributed by atoms with Crippen molar-refractivity contribution in [2.45, 2.75) is 33.1 Å². The lowest BCUT2D eigenvalue weighted by Gasteiger charge is -2.20. The number of nitrogens with zero attached hydrogens (tertiary/aromatic N) is 2. The van der Waals surface area contributed by atoms with Crippen LogP contribution in [0.15, 0.2) is 53.1 Å². The summed E-state index contributed by atoms with van der Waals surface area (Å²) in [6, 6.07) is 13.5. The van der Waals surface area contributed by atoms with Gasteiger partial charge in [0.2, 0.25) is 6.79 Å². The first-order valence-corrected chi connectivity index (χ1v) is 13.5. The number of hydrogen-bond donors (Lipinski definition) is 0. The van der Waals surface area contributed by atoms with Crippen LogP contribution in [0.5, 0.6) is 11.5 Å². The Balaban J connectivity index is 1.79. The molecule has 31 heavy (non-hydrogen) atoms. The molecule has 2 aromatic carbocycles. The molecule has 1 aromatic heterocycles. The van der Waals surface area contributed by atoms with E-state index < -0.39 is 8.07 Å². The number of carbonyl (C=O) groups excluding carboxylic acids is 1. The summed E-state index contributed by atoms with van der Waals surface area (Å²) >= 11 is 0. The molecule has 0 fully saturated rings. The normalized spacial score (nSPS) is 12.3. The minimum atomic E-state index is -1.66. The average molecular weight is 433 g/mol. The summed E-state index contributed by atoms with van der Waals surface area (Å²) in [5, 5.41) is 0. The van der Waals surface area contributed by atoms with E-state index >= 15 is 0 Å². The number of fused-ring (bicyclic) bond motifs is 1. The third-order valence-electron chi connectivity index (χ3n) is 4.58. The predicted octanol–water partition coefficient (Wildman–Crippen LogP) is 4.79. The molecule has 0 aliphatic carbocycles. The fourth-order valence-electron chi connectivity index (χ4n) is 3.08. The number of amides is 1. The highest BCUT2D eigenvalue weighted by atomic mass is 28.3. The maximum atomic E-state index is 13.8. The van der Waals surface area contributed by atoms with Gasteiger partial charge in [0.25, 0.3) is 5.91 Å². The van der Waals surface area contributed by atoms with Crippen molar-refractivity contribution >= 4 is 20.0 Å². The fraction of sp³-hybridized carbons (Fsp3) is 0.250. The number of carbonyl (C=O) groups is 1. The minimum absolute atomic E-state index is 0.126. The minimum Gasteiger partial charge on any atom is -0.454 e. The quantitative estimate of drug-likeness (QED) is 0.438. The topological polar surface area (TPSA) is 64.8 Å². The average Bonchev–Trinajstić information content (AvgIpc) is 3.37. The molecule has 0 bridgehead atoms. The first-order chi connectivity index (χ1) is 14.8. The van der Waals surface area contributed by atoms with Crippen LogP contribution in [-0.2, 0) is 6.54 Å². The van der Waals surface area contributed by atoms with E-state index in [4.69, 9.17) is 13.9 Å². The highest BCUT2D eigenvalue weighted by Gasteiger charge is 2.27. The number of aryl methyl sites for hydroxylation is 1. The number of rotatable bonds is 4. The van der Waals surface area contributed by atoms with E-state index in [1.807, 2.05) is 37.3 Å². The number of hydrogen-bond acceptors (Lipinski definition) is 5. The van der Waals surface area contributed by atoms with Gasteiger partial charge in [-0.15, -0.1) is 5.54 Å². The molecule has 0 unspecified atom stereocenters. The summed E-state index contributed by atoms with van der Waals surface area (Å²) in [6.07, 6.45) is 1.53. The van der Waals surface area contributed by atoms with Crippen molar-refractivity contribution in [2.24, 2.45) is 0 Å². The van der Waals surface area contributed by atoms with Crippen molar-refractivity contribution in [3.8, 4) is 23.0 Å². The van der Waals surface area contributed by atoms with Crippen LogP contribution in [0.1, 0.15) is 27.2 Å². The van der Waals surface area contributed by atoms with Gasteiger partial charge in [0.1, 0.15) is 14.3 Å². The fourth-order valence-corrected chi connectivity index (χ4v) is 3.59. The third kappa shape index (κ3) is 4.81. The standard InChI is InChI=1S/C24H24N2O4Si/c1-17-15-28-24(25-17)26(14-18-8-6-5-7-9-18)23(27)20-13-22-21(29-16-30-22)12-19(20)10-11-31(2,3)4/h5-9,12-13,15H,14,16H2,1-4H3. The van der Waals surface area contributed by atoms with Crippen LogP contribution in [0.4, 0.5) is 6.01 Å². The summed E-state index contributed by atoms with van der Waals surface area (Å²) in [5.41, 5.74) is 6.04. The zero-order valence-electron chi connectivity index (χ0n) is 18.1. The van der Waals surface area contributed by atoms with Crippen molar-refractivity contribution in [3.05, 3.63) is 71.1 Å². The Morgan fingerprint density at radius 1 is 1.13 bits per heavy atom. The monoisotopic (exact) mass is 432 g/mol. The summed E-state index contributed by atoms with van der Waals surface area (Å²) in [6.45, 7) is 8.74. The van der Waals surface area contributed by atoms with Gasteiger partial charge in [0.05, 0.1) is 17.8 Å². The van der Waals surface area contributed by atoms with Crippen LogP contribution >= 0.6 is 0 Å². The van der Waals surface area contributed by atoms with Gasteiger partial charge >= 0.3 is 6.01 Å². The lowest BCUT2D eigenvalue weighted by molar-refractivity contribution is 0.0979. The number of ether oxygens (including phenoxy) is 2. The van der Waals surface area contributed by atoms with Crippen LogP contribution in [0, 0.1) is 18.4 Å².